The third-order valence-corrected chi connectivity index (χ3v) is 5.85. The van der Waals surface area contributed by atoms with Crippen molar-refractivity contribution < 1.29 is 43.5 Å². The minimum absolute atomic E-state index is 0.0813. The first kappa shape index (κ1) is 27.3. The van der Waals surface area contributed by atoms with Crippen LogP contribution in [0.25, 0.3) is 0 Å². The number of aliphatic hydroxyl groups excluding tert-OH is 2. The second-order valence-corrected chi connectivity index (χ2v) is 9.09. The Hall–Kier alpha value is -1.71. The van der Waals surface area contributed by atoms with E-state index < -0.39 is 47.4 Å². The van der Waals surface area contributed by atoms with E-state index in [-0.39, 0.29) is 32.2 Å². The van der Waals surface area contributed by atoms with Crippen molar-refractivity contribution >= 4 is 17.9 Å². The Bertz CT molecular complexity index is 598. The summed E-state index contributed by atoms with van der Waals surface area (Å²) in [6.07, 6.45) is 1.10. The molecule has 1 saturated heterocycles. The van der Waals surface area contributed by atoms with Gasteiger partial charge in [0.25, 0.3) is 0 Å². The molecule has 0 aromatic carbocycles. The summed E-state index contributed by atoms with van der Waals surface area (Å²) in [5.74, 6) is -2.31. The lowest BCUT2D eigenvalue weighted by Crippen LogP contribution is -2.39. The van der Waals surface area contributed by atoms with Crippen molar-refractivity contribution in [3.8, 4) is 0 Å². The average molecular weight is 447 g/mol. The molecule has 9 nitrogen and oxygen atoms in total. The predicted octanol–water partition coefficient (Wildman–Crippen LogP) is 1.62. The molecule has 0 aromatic rings. The van der Waals surface area contributed by atoms with Gasteiger partial charge in [-0.1, -0.05) is 6.92 Å². The van der Waals surface area contributed by atoms with Crippen LogP contribution in [0.4, 0.5) is 0 Å². The SMILES string of the molecule is CCC(C)(CC(CC(C)(C)C(=O)OCC(O)CO)C(=O)OCC1CCCO1)C(=O)OC. The van der Waals surface area contributed by atoms with Crippen LogP contribution in [0.5, 0.6) is 0 Å². The van der Waals surface area contributed by atoms with Crippen LogP contribution in [0, 0.1) is 16.7 Å². The number of esters is 3. The summed E-state index contributed by atoms with van der Waals surface area (Å²) < 4.78 is 21.0. The minimum Gasteiger partial charge on any atom is -0.469 e. The molecule has 0 saturated carbocycles. The van der Waals surface area contributed by atoms with Gasteiger partial charge in [0.05, 0.1) is 36.6 Å². The molecule has 0 amide bonds. The lowest BCUT2D eigenvalue weighted by atomic mass is 9.73. The average Bonchev–Trinajstić information content (AvgIpc) is 3.27. The van der Waals surface area contributed by atoms with Crippen LogP contribution in [-0.2, 0) is 33.3 Å². The summed E-state index contributed by atoms with van der Waals surface area (Å²) in [6.45, 7) is 6.71. The summed E-state index contributed by atoms with van der Waals surface area (Å²) >= 11 is 0. The molecule has 9 heteroatoms. The fourth-order valence-electron chi connectivity index (χ4n) is 3.59. The van der Waals surface area contributed by atoms with Crippen LogP contribution in [0.15, 0.2) is 0 Å². The maximum atomic E-state index is 13.0. The first-order valence-corrected chi connectivity index (χ1v) is 10.8. The fourth-order valence-corrected chi connectivity index (χ4v) is 3.59. The van der Waals surface area contributed by atoms with Crippen LogP contribution < -0.4 is 0 Å². The molecule has 0 aromatic heterocycles. The topological polar surface area (TPSA) is 129 Å². The number of rotatable bonds is 13. The molecule has 1 aliphatic heterocycles. The maximum Gasteiger partial charge on any atom is 0.311 e. The van der Waals surface area contributed by atoms with Gasteiger partial charge in [-0.3, -0.25) is 14.4 Å². The normalized spacial score (nSPS) is 20.4. The Labute approximate surface area is 184 Å². The Morgan fingerprint density at radius 1 is 1.13 bits per heavy atom. The number of carbonyl (C=O) groups is 3. The largest absolute Gasteiger partial charge is 0.469 e. The summed E-state index contributed by atoms with van der Waals surface area (Å²) in [7, 11) is 1.30. The van der Waals surface area contributed by atoms with Gasteiger partial charge in [-0.15, -0.1) is 0 Å². The standard InChI is InChI=1S/C22H38O9/c1-6-22(4,20(27)28-5)11-15(18(25)30-14-17-8-7-9-29-17)10-21(2,3)19(26)31-13-16(24)12-23/h15-17,23-24H,6-14H2,1-5H3. The number of methoxy groups -OCH3 is 1. The third-order valence-electron chi connectivity index (χ3n) is 5.85. The monoisotopic (exact) mass is 446 g/mol. The van der Waals surface area contributed by atoms with Crippen LogP contribution in [0.1, 0.15) is 59.8 Å². The van der Waals surface area contributed by atoms with E-state index >= 15 is 0 Å². The van der Waals surface area contributed by atoms with E-state index in [0.29, 0.717) is 13.0 Å². The molecular formula is C22H38O9. The number of aliphatic hydroxyl groups is 2. The molecule has 1 fully saturated rings. The second-order valence-electron chi connectivity index (χ2n) is 9.09. The number of hydrogen-bond acceptors (Lipinski definition) is 9. The molecule has 1 heterocycles. The van der Waals surface area contributed by atoms with Crippen molar-refractivity contribution in [1.82, 2.24) is 0 Å². The van der Waals surface area contributed by atoms with Crippen LogP contribution in [0.2, 0.25) is 0 Å². The Kier molecular flexibility index (Phi) is 10.9. The lowest BCUT2D eigenvalue weighted by Gasteiger charge is -2.33. The number of ether oxygens (including phenoxy) is 4. The van der Waals surface area contributed by atoms with E-state index in [9.17, 15) is 19.5 Å². The summed E-state index contributed by atoms with van der Waals surface area (Å²) in [5, 5.41) is 18.3. The van der Waals surface area contributed by atoms with E-state index in [2.05, 4.69) is 0 Å². The molecule has 1 rings (SSSR count). The van der Waals surface area contributed by atoms with Crippen molar-refractivity contribution in [2.24, 2.45) is 16.7 Å². The van der Waals surface area contributed by atoms with E-state index in [1.165, 1.54) is 7.11 Å². The Morgan fingerprint density at radius 3 is 2.32 bits per heavy atom. The van der Waals surface area contributed by atoms with Gasteiger partial charge in [-0.2, -0.15) is 0 Å². The van der Waals surface area contributed by atoms with Crippen LogP contribution >= 0.6 is 0 Å². The highest BCUT2D eigenvalue weighted by Gasteiger charge is 2.42. The first-order valence-electron chi connectivity index (χ1n) is 10.8. The molecule has 0 radical (unpaired) electrons. The molecule has 2 N–H and O–H groups in total. The van der Waals surface area contributed by atoms with E-state index in [4.69, 9.17) is 24.1 Å². The summed E-state index contributed by atoms with van der Waals surface area (Å²) in [6, 6.07) is 0. The molecule has 31 heavy (non-hydrogen) atoms. The van der Waals surface area contributed by atoms with Crippen molar-refractivity contribution in [3.05, 3.63) is 0 Å². The minimum atomic E-state index is -1.17. The zero-order chi connectivity index (χ0) is 23.7. The molecule has 1 aliphatic rings. The first-order chi connectivity index (χ1) is 14.5. The highest BCUT2D eigenvalue weighted by Crippen LogP contribution is 2.38. The van der Waals surface area contributed by atoms with Gasteiger partial charge in [0, 0.05) is 6.61 Å². The highest BCUT2D eigenvalue weighted by molar-refractivity contribution is 5.80. The molecular weight excluding hydrogens is 408 g/mol. The van der Waals surface area contributed by atoms with Gasteiger partial charge < -0.3 is 29.2 Å². The highest BCUT2D eigenvalue weighted by atomic mass is 16.6. The second kappa shape index (κ2) is 12.4. The Morgan fingerprint density at radius 2 is 1.81 bits per heavy atom. The van der Waals surface area contributed by atoms with Crippen molar-refractivity contribution in [3.63, 3.8) is 0 Å². The molecule has 180 valence electrons. The third kappa shape index (κ3) is 8.38. The van der Waals surface area contributed by atoms with Gasteiger partial charge in [0.1, 0.15) is 19.3 Å². The maximum absolute atomic E-state index is 13.0. The lowest BCUT2D eigenvalue weighted by molar-refractivity contribution is -0.163. The smallest absolute Gasteiger partial charge is 0.311 e. The van der Waals surface area contributed by atoms with Crippen molar-refractivity contribution in [2.75, 3.05) is 33.5 Å². The Balaban J connectivity index is 2.94. The van der Waals surface area contributed by atoms with Gasteiger partial charge in [0.2, 0.25) is 0 Å². The zero-order valence-corrected chi connectivity index (χ0v) is 19.3. The van der Waals surface area contributed by atoms with E-state index in [1.54, 1.807) is 20.8 Å². The molecule has 4 unspecified atom stereocenters. The van der Waals surface area contributed by atoms with Gasteiger partial charge in [-0.25, -0.2) is 0 Å². The molecule has 0 bridgehead atoms. The van der Waals surface area contributed by atoms with Gasteiger partial charge >= 0.3 is 17.9 Å². The summed E-state index contributed by atoms with van der Waals surface area (Å²) in [4.78, 5) is 37.9. The number of carbonyl (C=O) groups excluding carboxylic acids is 3. The summed E-state index contributed by atoms with van der Waals surface area (Å²) in [5.41, 5.74) is -2.01. The van der Waals surface area contributed by atoms with Crippen LogP contribution in [0.3, 0.4) is 0 Å². The quantitative estimate of drug-likeness (QED) is 0.320. The molecule has 0 aliphatic carbocycles. The van der Waals surface area contributed by atoms with E-state index in [1.807, 2.05) is 6.92 Å². The van der Waals surface area contributed by atoms with Gasteiger partial charge in [-0.05, 0) is 52.9 Å². The predicted molar refractivity (Wildman–Crippen MR) is 111 cm³/mol. The zero-order valence-electron chi connectivity index (χ0n) is 19.3. The fraction of sp³-hybridized carbons (Fsp3) is 0.864. The van der Waals surface area contributed by atoms with Gasteiger partial charge in [0.15, 0.2) is 0 Å². The van der Waals surface area contributed by atoms with E-state index in [0.717, 1.165) is 12.8 Å². The number of hydrogen-bond donors (Lipinski definition) is 2. The molecule has 0 spiro atoms. The molecule has 4 atom stereocenters. The van der Waals surface area contributed by atoms with Crippen molar-refractivity contribution in [2.45, 2.75) is 72.0 Å². The van der Waals surface area contributed by atoms with Crippen molar-refractivity contribution in [1.29, 1.82) is 0 Å². The van der Waals surface area contributed by atoms with Crippen LogP contribution in [-0.4, -0.2) is 73.9 Å².